The third kappa shape index (κ3) is 4.59. The summed E-state index contributed by atoms with van der Waals surface area (Å²) in [5.74, 6) is -0.309. The molecule has 1 rings (SSSR count). The Morgan fingerprint density at radius 3 is 1.74 bits per heavy atom. The van der Waals surface area contributed by atoms with Crippen molar-refractivity contribution in [3.05, 3.63) is 0 Å². The number of nitrogens with zero attached hydrogens (tertiary/aromatic N) is 2. The fourth-order valence-corrected chi connectivity index (χ4v) is 4.04. The molecule has 15 heteroatoms. The molecule has 1 aliphatic rings. The molecule has 0 N–H and O–H groups in total. The minimum Gasteiger partial charge on any atom is -0.426 e. The predicted molar refractivity (Wildman–Crippen MR) is 103 cm³/mol. The number of halogens is 6. The molecule has 0 aromatic carbocycles. The highest BCUT2D eigenvalue weighted by atomic mass is 19.4. The molecule has 1 saturated heterocycles. The van der Waals surface area contributed by atoms with Crippen LogP contribution in [-0.2, 0) is 4.74 Å². The van der Waals surface area contributed by atoms with E-state index in [1.54, 1.807) is 39.2 Å². The topological polar surface area (TPSA) is 32.8 Å². The van der Waals surface area contributed by atoms with Gasteiger partial charge in [0.1, 0.15) is 39.2 Å². The Kier molecular flexibility index (Phi) is 6.16. The third-order valence-electron chi connectivity index (χ3n) is 5.42. The minimum absolute atomic E-state index is 0.0605. The highest BCUT2D eigenvalue weighted by molar-refractivity contribution is 6.55. The van der Waals surface area contributed by atoms with Crippen molar-refractivity contribution in [1.82, 2.24) is 9.80 Å². The number of carbonyl (C=O) groups is 1. The van der Waals surface area contributed by atoms with E-state index in [1.165, 1.54) is 0 Å². The first-order chi connectivity index (χ1) is 11.6. The molecular weight excluding hydrogens is 372 g/mol. The summed E-state index contributed by atoms with van der Waals surface area (Å²) in [6.07, 6.45) is -17.3. The van der Waals surface area contributed by atoms with Gasteiger partial charge in [0.15, 0.2) is 0 Å². The molecule has 0 saturated carbocycles. The van der Waals surface area contributed by atoms with Gasteiger partial charge in [0.05, 0.1) is 0 Å². The van der Waals surface area contributed by atoms with Gasteiger partial charge in [-0.3, -0.25) is 0 Å². The second-order valence-corrected chi connectivity index (χ2v) is 8.97. The summed E-state index contributed by atoms with van der Waals surface area (Å²) in [6.45, 7) is 5.81. The van der Waals surface area contributed by atoms with Gasteiger partial charge in [-0.15, -0.1) is 0 Å². The molecule has 0 aliphatic carbocycles. The maximum Gasteiger partial charge on any atom is 0.434 e. The second kappa shape index (κ2) is 6.88. The smallest absolute Gasteiger partial charge is 0.426 e. The number of carbonyl (C=O) groups excluding carboxylic acids is 1. The highest BCUT2D eigenvalue weighted by Crippen LogP contribution is 2.39. The van der Waals surface area contributed by atoms with Crippen molar-refractivity contribution in [1.29, 1.82) is 0 Å². The van der Waals surface area contributed by atoms with E-state index < -0.39 is 35.2 Å². The van der Waals surface area contributed by atoms with Crippen molar-refractivity contribution in [2.24, 2.45) is 0 Å². The lowest BCUT2D eigenvalue weighted by Crippen LogP contribution is -2.83. The van der Waals surface area contributed by atoms with Crippen molar-refractivity contribution < 1.29 is 35.9 Å². The van der Waals surface area contributed by atoms with Crippen molar-refractivity contribution in [2.75, 3.05) is 6.54 Å². The van der Waals surface area contributed by atoms with Crippen molar-refractivity contribution >= 4 is 45.3 Å². The van der Waals surface area contributed by atoms with E-state index in [0.29, 0.717) is 0 Å². The Labute approximate surface area is 159 Å². The molecule has 0 spiro atoms. The van der Waals surface area contributed by atoms with Crippen molar-refractivity contribution in [2.45, 2.75) is 61.4 Å². The summed E-state index contributed by atoms with van der Waals surface area (Å²) < 4.78 is 80.5. The van der Waals surface area contributed by atoms with Gasteiger partial charge in [0, 0.05) is 12.1 Å². The number of rotatable bonds is 1. The van der Waals surface area contributed by atoms with Crippen LogP contribution in [0.4, 0.5) is 31.1 Å². The lowest BCUT2D eigenvalue weighted by molar-refractivity contribution is -0.309. The maximum atomic E-state index is 12.8. The average molecular weight is 395 g/mol. The molecule has 27 heavy (non-hydrogen) atoms. The molecule has 1 aliphatic heterocycles. The van der Waals surface area contributed by atoms with Crippen LogP contribution in [0.1, 0.15) is 20.8 Å². The van der Waals surface area contributed by atoms with Crippen LogP contribution in [-0.4, -0.2) is 102 Å². The zero-order chi connectivity index (χ0) is 21.8. The van der Waals surface area contributed by atoms with Crippen LogP contribution in [0.15, 0.2) is 0 Å². The minimum atomic E-state index is -5.74. The largest absolute Gasteiger partial charge is 0.434 e. The number of alkyl halides is 6. The van der Waals surface area contributed by atoms with Gasteiger partial charge in [0.2, 0.25) is 0 Å². The standard InChI is InChI=1S/C12H23B5F6N2O2/c1-8(2,3)25-5(13)4-24(11(14,15)12(25,16)17)7(26)27-6(9(18,19)20)10(21,22)23/h5-6H,4,13-17H2,1-3H3. The number of hydrogen-bond acceptors (Lipinski definition) is 3. The maximum absolute atomic E-state index is 12.8. The van der Waals surface area contributed by atoms with Crippen LogP contribution >= 0.6 is 0 Å². The molecule has 1 atom stereocenters. The van der Waals surface area contributed by atoms with E-state index in [0.717, 1.165) is 4.90 Å². The number of ether oxygens (including phenoxy) is 1. The molecule has 150 valence electrons. The van der Waals surface area contributed by atoms with Crippen molar-refractivity contribution in [3.8, 4) is 0 Å². The SMILES string of the molecule is BC1CN(C(=O)OC(C(F)(F)F)C(F)(F)F)C(B)(B)C(B)(B)N1C(C)(C)C. The lowest BCUT2D eigenvalue weighted by atomic mass is 9.35. The Balaban J connectivity index is 3.26. The lowest BCUT2D eigenvalue weighted by Gasteiger charge is -2.65. The van der Waals surface area contributed by atoms with Gasteiger partial charge in [-0.25, -0.2) is 4.79 Å². The van der Waals surface area contributed by atoms with Gasteiger partial charge in [-0.2, -0.15) is 26.3 Å². The summed E-state index contributed by atoms with van der Waals surface area (Å²) >= 11 is 0. The summed E-state index contributed by atoms with van der Waals surface area (Å²) in [5, 5.41) is -1.85. The summed E-state index contributed by atoms with van der Waals surface area (Å²) in [5.41, 5.74) is -0.337. The fourth-order valence-electron chi connectivity index (χ4n) is 4.04. The Hall–Kier alpha value is -0.865. The molecular formula is C12H23B5F6N2O2. The van der Waals surface area contributed by atoms with Gasteiger partial charge >= 0.3 is 18.4 Å². The molecule has 1 fully saturated rings. The number of hydrogen-bond donors (Lipinski definition) is 0. The van der Waals surface area contributed by atoms with E-state index in [9.17, 15) is 31.1 Å². The van der Waals surface area contributed by atoms with Crippen LogP contribution in [0.5, 0.6) is 0 Å². The third-order valence-corrected chi connectivity index (χ3v) is 5.42. The summed E-state index contributed by atoms with van der Waals surface area (Å²) in [6, 6.07) is 0. The first-order valence-electron chi connectivity index (χ1n) is 8.56. The average Bonchev–Trinajstić information content (AvgIpc) is 2.35. The monoisotopic (exact) mass is 396 g/mol. The zero-order valence-electron chi connectivity index (χ0n) is 16.8. The number of piperazine rings is 1. The quantitative estimate of drug-likeness (QED) is 0.374. The first-order valence-corrected chi connectivity index (χ1v) is 8.56. The van der Waals surface area contributed by atoms with E-state index in [4.69, 9.17) is 0 Å². The van der Waals surface area contributed by atoms with Crippen LogP contribution in [0.3, 0.4) is 0 Å². The molecule has 4 nitrogen and oxygen atoms in total. The van der Waals surface area contributed by atoms with Crippen LogP contribution in [0.2, 0.25) is 0 Å². The molecule has 0 aromatic rings. The van der Waals surface area contributed by atoms with Crippen LogP contribution < -0.4 is 0 Å². The molecule has 1 amide bonds. The van der Waals surface area contributed by atoms with E-state index in [1.807, 2.05) is 20.8 Å². The van der Waals surface area contributed by atoms with Crippen LogP contribution in [0, 0.1) is 0 Å². The van der Waals surface area contributed by atoms with Gasteiger partial charge < -0.3 is 14.5 Å². The normalized spacial score (nSPS) is 24.1. The molecule has 1 unspecified atom stereocenters. The molecule has 0 bridgehead atoms. The Morgan fingerprint density at radius 1 is 1.00 bits per heavy atom. The molecule has 0 aromatic heterocycles. The highest BCUT2D eigenvalue weighted by Gasteiger charge is 2.62. The first kappa shape index (κ1) is 24.2. The summed E-state index contributed by atoms with van der Waals surface area (Å²) in [7, 11) is 8.59. The fraction of sp³-hybridized carbons (Fsp3) is 0.917. The van der Waals surface area contributed by atoms with Gasteiger partial charge in [-0.05, 0) is 37.4 Å². The van der Waals surface area contributed by atoms with Crippen molar-refractivity contribution in [3.63, 3.8) is 0 Å². The Bertz CT molecular complexity index is 564. The van der Waals surface area contributed by atoms with Gasteiger partial charge in [0.25, 0.3) is 6.10 Å². The summed E-state index contributed by atoms with van der Waals surface area (Å²) in [4.78, 5) is 15.5. The van der Waals surface area contributed by atoms with Crippen LogP contribution in [0.25, 0.3) is 0 Å². The predicted octanol–water partition coefficient (Wildman–Crippen LogP) is -2.17. The molecule has 0 radical (unpaired) electrons. The molecule has 1 heterocycles. The second-order valence-electron chi connectivity index (χ2n) is 8.97. The van der Waals surface area contributed by atoms with E-state index in [2.05, 4.69) is 9.64 Å². The zero-order valence-corrected chi connectivity index (χ0v) is 16.8. The van der Waals surface area contributed by atoms with E-state index >= 15 is 0 Å². The Morgan fingerprint density at radius 2 is 1.41 bits per heavy atom. The number of amides is 1. The van der Waals surface area contributed by atoms with E-state index in [-0.39, 0.29) is 18.0 Å². The van der Waals surface area contributed by atoms with Gasteiger partial charge in [-0.1, -0.05) is 0 Å².